The van der Waals surface area contributed by atoms with Crippen LogP contribution < -0.4 is 5.32 Å². The Balaban J connectivity index is 1.60. The fourth-order valence-corrected chi connectivity index (χ4v) is 4.42. The van der Waals surface area contributed by atoms with Crippen LogP contribution in [0.1, 0.15) is 41.3 Å². The van der Waals surface area contributed by atoms with Crippen molar-refractivity contribution in [2.24, 2.45) is 5.92 Å². The number of carbonyl (C=O) groups is 1. The molecule has 184 valence electrons. The summed E-state index contributed by atoms with van der Waals surface area (Å²) in [7, 11) is 0. The Morgan fingerprint density at radius 3 is 2.54 bits per heavy atom. The van der Waals surface area contributed by atoms with E-state index in [1.807, 2.05) is 6.92 Å². The van der Waals surface area contributed by atoms with Gasteiger partial charge in [-0.3, -0.25) is 4.79 Å². The van der Waals surface area contributed by atoms with Crippen LogP contribution in [-0.2, 0) is 6.18 Å². The van der Waals surface area contributed by atoms with Crippen molar-refractivity contribution in [1.29, 1.82) is 0 Å². The highest BCUT2D eigenvalue weighted by atomic mass is 19.4. The van der Waals surface area contributed by atoms with E-state index in [-0.39, 0.29) is 29.3 Å². The molecule has 2 unspecified atom stereocenters. The first-order valence-corrected chi connectivity index (χ1v) is 11.3. The van der Waals surface area contributed by atoms with Crippen LogP contribution in [0.25, 0.3) is 11.4 Å². The molecule has 1 N–H and O–H groups in total. The summed E-state index contributed by atoms with van der Waals surface area (Å²) in [5.74, 6) is -0.0368. The molecule has 1 fully saturated rings. The zero-order valence-corrected chi connectivity index (χ0v) is 19.3. The number of likely N-dealkylation sites (tertiary alicyclic amines) is 1. The second-order valence-electron chi connectivity index (χ2n) is 8.66. The van der Waals surface area contributed by atoms with Crippen LogP contribution in [0.4, 0.5) is 23.4 Å². The van der Waals surface area contributed by atoms with Gasteiger partial charge in [0.05, 0.1) is 17.2 Å². The Morgan fingerprint density at radius 2 is 1.89 bits per heavy atom. The maximum Gasteiger partial charge on any atom is 0.417 e. The fourth-order valence-electron chi connectivity index (χ4n) is 4.42. The molecule has 0 aliphatic carbocycles. The lowest BCUT2D eigenvalue weighted by Crippen LogP contribution is -2.51. The van der Waals surface area contributed by atoms with Crippen molar-refractivity contribution >= 4 is 11.7 Å². The number of alkyl halides is 3. The summed E-state index contributed by atoms with van der Waals surface area (Å²) < 4.78 is 52.9. The molecule has 0 saturated carbocycles. The monoisotopic (exact) mass is 487 g/mol. The lowest BCUT2D eigenvalue weighted by Gasteiger charge is -2.40. The Kier molecular flexibility index (Phi) is 7.00. The third kappa shape index (κ3) is 5.26. The Bertz CT molecular complexity index is 1180. The highest BCUT2D eigenvalue weighted by molar-refractivity contribution is 6.01. The van der Waals surface area contributed by atoms with E-state index < -0.39 is 17.6 Å². The van der Waals surface area contributed by atoms with Crippen LogP contribution in [-0.4, -0.2) is 44.9 Å². The average molecular weight is 488 g/mol. The van der Waals surface area contributed by atoms with Crippen molar-refractivity contribution in [3.63, 3.8) is 0 Å². The summed E-state index contributed by atoms with van der Waals surface area (Å²) in [6.07, 6.45) is 1.09. The number of nitrogens with zero attached hydrogens (tertiary/aromatic N) is 4. The number of amides is 1. The molecular formula is C25H25F4N5O. The van der Waals surface area contributed by atoms with Gasteiger partial charge in [-0.25, -0.2) is 19.3 Å². The van der Waals surface area contributed by atoms with Crippen molar-refractivity contribution in [2.45, 2.75) is 38.9 Å². The molecular weight excluding hydrogens is 462 g/mol. The maximum absolute atomic E-state index is 14.4. The first kappa shape index (κ1) is 24.6. The number of piperidine rings is 1. The Morgan fingerprint density at radius 1 is 1.14 bits per heavy atom. The molecule has 6 nitrogen and oxygen atoms in total. The largest absolute Gasteiger partial charge is 0.417 e. The van der Waals surface area contributed by atoms with Crippen LogP contribution in [0, 0.1) is 18.7 Å². The number of nitrogens with one attached hydrogen (secondary N) is 1. The third-order valence-electron chi connectivity index (χ3n) is 6.38. The molecule has 3 aromatic rings. The fraction of sp³-hybridized carbons (Fsp3) is 0.360. The van der Waals surface area contributed by atoms with Gasteiger partial charge in [-0.2, -0.15) is 13.2 Å². The first-order chi connectivity index (χ1) is 16.7. The molecule has 2 aromatic heterocycles. The second kappa shape index (κ2) is 9.97. The van der Waals surface area contributed by atoms with Crippen molar-refractivity contribution in [3.05, 3.63) is 71.4 Å². The first-order valence-electron chi connectivity index (χ1n) is 11.3. The predicted octanol–water partition coefficient (Wildman–Crippen LogP) is 5.36. The smallest absolute Gasteiger partial charge is 0.368 e. The number of aromatic nitrogens is 3. The van der Waals surface area contributed by atoms with Gasteiger partial charge in [0.25, 0.3) is 5.91 Å². The summed E-state index contributed by atoms with van der Waals surface area (Å²) in [6.45, 7) is 4.43. The van der Waals surface area contributed by atoms with E-state index in [1.165, 1.54) is 30.6 Å². The molecule has 3 heterocycles. The van der Waals surface area contributed by atoms with Crippen LogP contribution in [0.2, 0.25) is 0 Å². The molecule has 35 heavy (non-hydrogen) atoms. The number of rotatable bonds is 5. The van der Waals surface area contributed by atoms with Gasteiger partial charge in [0.2, 0.25) is 0 Å². The quantitative estimate of drug-likeness (QED) is 0.491. The molecule has 1 amide bonds. The van der Waals surface area contributed by atoms with Gasteiger partial charge in [0.15, 0.2) is 5.82 Å². The summed E-state index contributed by atoms with van der Waals surface area (Å²) in [4.78, 5) is 27.8. The molecule has 0 spiro atoms. The zero-order chi connectivity index (χ0) is 25.2. The molecule has 0 bridgehead atoms. The molecule has 4 rings (SSSR count). The van der Waals surface area contributed by atoms with E-state index in [2.05, 4.69) is 20.3 Å². The number of pyridine rings is 1. The van der Waals surface area contributed by atoms with E-state index >= 15 is 0 Å². The van der Waals surface area contributed by atoms with Crippen molar-refractivity contribution in [1.82, 2.24) is 19.9 Å². The van der Waals surface area contributed by atoms with E-state index in [1.54, 1.807) is 17.9 Å². The number of halogens is 4. The van der Waals surface area contributed by atoms with Crippen molar-refractivity contribution in [2.75, 3.05) is 18.4 Å². The number of hydrogen-bond donors (Lipinski definition) is 1. The zero-order valence-electron chi connectivity index (χ0n) is 19.3. The lowest BCUT2D eigenvalue weighted by molar-refractivity contribution is -0.137. The van der Waals surface area contributed by atoms with E-state index in [4.69, 9.17) is 0 Å². The summed E-state index contributed by atoms with van der Waals surface area (Å²) in [5, 5.41) is 3.07. The van der Waals surface area contributed by atoms with Gasteiger partial charge in [-0.15, -0.1) is 0 Å². The van der Waals surface area contributed by atoms with E-state index in [0.717, 1.165) is 25.1 Å². The molecule has 1 aromatic carbocycles. The number of anilines is 1. The van der Waals surface area contributed by atoms with Crippen LogP contribution in [0.15, 0.2) is 48.9 Å². The molecule has 1 aliphatic rings. The summed E-state index contributed by atoms with van der Waals surface area (Å²) in [6, 6.07) is 6.37. The van der Waals surface area contributed by atoms with Gasteiger partial charge in [0.1, 0.15) is 11.6 Å². The molecule has 0 radical (unpaired) electrons. The van der Waals surface area contributed by atoms with Gasteiger partial charge in [-0.05, 0) is 61.6 Å². The average Bonchev–Trinajstić information content (AvgIpc) is 2.84. The predicted molar refractivity (Wildman–Crippen MR) is 123 cm³/mol. The molecule has 1 aliphatic heterocycles. The summed E-state index contributed by atoms with van der Waals surface area (Å²) in [5.41, 5.74) is 0.121. The molecule has 10 heteroatoms. The highest BCUT2D eigenvalue weighted by Gasteiger charge is 2.34. The van der Waals surface area contributed by atoms with E-state index in [0.29, 0.717) is 30.0 Å². The summed E-state index contributed by atoms with van der Waals surface area (Å²) >= 11 is 0. The highest BCUT2D eigenvalue weighted by Crippen LogP contribution is 2.32. The van der Waals surface area contributed by atoms with Crippen LogP contribution >= 0.6 is 0 Å². The van der Waals surface area contributed by atoms with Gasteiger partial charge in [-0.1, -0.05) is 6.92 Å². The number of hydrogen-bond acceptors (Lipinski definition) is 5. The second-order valence-corrected chi connectivity index (χ2v) is 8.66. The normalized spacial score (nSPS) is 18.4. The molecule has 2 atom stereocenters. The minimum Gasteiger partial charge on any atom is -0.368 e. The van der Waals surface area contributed by atoms with Crippen molar-refractivity contribution < 1.29 is 22.4 Å². The number of carbonyl (C=O) groups excluding carboxylic acids is 1. The van der Waals surface area contributed by atoms with Crippen LogP contribution in [0.5, 0.6) is 0 Å². The Hall–Kier alpha value is -3.56. The van der Waals surface area contributed by atoms with Gasteiger partial charge in [0, 0.05) is 37.2 Å². The van der Waals surface area contributed by atoms with Gasteiger partial charge < -0.3 is 10.2 Å². The van der Waals surface area contributed by atoms with Crippen molar-refractivity contribution in [3.8, 4) is 11.4 Å². The topological polar surface area (TPSA) is 71.0 Å². The minimum atomic E-state index is -4.46. The number of benzene rings is 1. The third-order valence-corrected chi connectivity index (χ3v) is 6.38. The molecule has 1 saturated heterocycles. The lowest BCUT2D eigenvalue weighted by atomic mass is 9.89. The SMILES string of the molecule is Cc1c(F)ccc(C(=O)N2CCCC(C)C2CNc2ccc(C(F)(F)F)cn2)c1-c1ncccn1. The standard InChI is InChI=1S/C25H25F4N5O/c1-15-5-3-12-34(20(15)14-33-21-9-6-17(13-32-21)25(27,28)29)24(35)18-7-8-19(26)16(2)22(18)23-30-10-4-11-31-23/h4,6-11,13,15,20H,3,5,12,14H2,1-2H3,(H,32,33). The maximum atomic E-state index is 14.4. The minimum absolute atomic E-state index is 0.132. The van der Waals surface area contributed by atoms with E-state index in [9.17, 15) is 22.4 Å². The van der Waals surface area contributed by atoms with Crippen LogP contribution in [0.3, 0.4) is 0 Å². The Labute approximate surface area is 200 Å². The van der Waals surface area contributed by atoms with Gasteiger partial charge >= 0.3 is 6.18 Å².